The maximum Gasteiger partial charge on any atom is 0.425 e. The van der Waals surface area contributed by atoms with E-state index in [2.05, 4.69) is 4.98 Å². The zero-order valence-corrected chi connectivity index (χ0v) is 30.4. The summed E-state index contributed by atoms with van der Waals surface area (Å²) in [4.78, 5) is 45.3. The molecule has 0 bridgehead atoms. The van der Waals surface area contributed by atoms with Gasteiger partial charge in [0.05, 0.1) is 23.8 Å². The number of rotatable bonds is 13. The van der Waals surface area contributed by atoms with Crippen molar-refractivity contribution in [2.45, 2.75) is 94.2 Å². The molecule has 2 aliphatic rings. The first-order chi connectivity index (χ1) is 25.5. The summed E-state index contributed by atoms with van der Waals surface area (Å²) in [6, 6.07) is 7.48. The van der Waals surface area contributed by atoms with Gasteiger partial charge in [0.2, 0.25) is 5.60 Å². The smallest absolute Gasteiger partial charge is 0.425 e. The van der Waals surface area contributed by atoms with Crippen LogP contribution in [0.25, 0.3) is 0 Å². The average molecular weight is 785 g/mol. The third-order valence-corrected chi connectivity index (χ3v) is 10.9. The summed E-state index contributed by atoms with van der Waals surface area (Å²) in [5, 5.41) is 10.0. The second-order valence-corrected chi connectivity index (χ2v) is 14.5. The minimum absolute atomic E-state index is 0.0138. The molecule has 2 atom stereocenters. The number of carboxylic acids is 1. The van der Waals surface area contributed by atoms with Gasteiger partial charge in [-0.25, -0.2) is 0 Å². The van der Waals surface area contributed by atoms with Gasteiger partial charge in [-0.3, -0.25) is 19.4 Å². The van der Waals surface area contributed by atoms with Crippen molar-refractivity contribution in [3.63, 3.8) is 0 Å². The van der Waals surface area contributed by atoms with E-state index in [0.29, 0.717) is 48.0 Å². The number of carbonyl (C=O) groups excluding carboxylic acids is 2. The molecule has 2 fully saturated rings. The second-order valence-electron chi connectivity index (χ2n) is 13.6. The van der Waals surface area contributed by atoms with Crippen LogP contribution in [-0.4, -0.2) is 75.6 Å². The van der Waals surface area contributed by atoms with E-state index >= 15 is 0 Å². The Kier molecular flexibility index (Phi) is 12.5. The predicted molar refractivity (Wildman–Crippen MR) is 186 cm³/mol. The Bertz CT molecular complexity index is 1790. The normalized spacial score (nSPS) is 20.4. The fraction of sp³-hybridized carbons (Fsp3) is 0.514. The highest BCUT2D eigenvalue weighted by atomic mass is 32.1. The summed E-state index contributed by atoms with van der Waals surface area (Å²) in [6.07, 6.45) is -5.82. The topological polar surface area (TPSA) is 135 Å². The number of benzene rings is 1. The molecule has 2 saturated heterocycles. The summed E-state index contributed by atoms with van der Waals surface area (Å²) in [5.41, 5.74) is 2.84. The SMILES string of the molecule is CCC[C@H]1N(C(=O)c2cnccc2C(F)(F)F)CCC[C@@]1(Oc1csc(C(F)(F)F)c1)C(=O)N1CCC(N)(c2ccccc2OCCCCC(=O)O)CC1. The van der Waals surface area contributed by atoms with Crippen LogP contribution in [0.2, 0.25) is 0 Å². The fourth-order valence-electron chi connectivity index (χ4n) is 7.31. The number of pyridine rings is 1. The molecule has 54 heavy (non-hydrogen) atoms. The van der Waals surface area contributed by atoms with Gasteiger partial charge in [0.25, 0.3) is 11.8 Å². The van der Waals surface area contributed by atoms with Gasteiger partial charge in [-0.2, -0.15) is 26.3 Å². The molecule has 5 rings (SSSR count). The zero-order valence-electron chi connectivity index (χ0n) is 29.5. The number of hydrogen-bond acceptors (Lipinski definition) is 8. The quantitative estimate of drug-likeness (QED) is 0.134. The number of nitrogens with two attached hydrogens (primary N) is 1. The Morgan fingerprint density at radius 3 is 2.39 bits per heavy atom. The highest BCUT2D eigenvalue weighted by Gasteiger charge is 2.56. The molecular weight excluding hydrogens is 742 g/mol. The molecule has 0 unspecified atom stereocenters. The first kappa shape index (κ1) is 40.8. The highest BCUT2D eigenvalue weighted by Crippen LogP contribution is 2.44. The molecular formula is C37H42F6N4O6S. The summed E-state index contributed by atoms with van der Waals surface area (Å²) in [6.45, 7) is 2.20. The van der Waals surface area contributed by atoms with Crippen molar-refractivity contribution in [2.75, 3.05) is 26.2 Å². The van der Waals surface area contributed by atoms with Crippen LogP contribution in [0.1, 0.15) is 91.1 Å². The minimum atomic E-state index is -4.88. The number of thiophene rings is 1. The number of alkyl halides is 6. The van der Waals surface area contributed by atoms with Crippen molar-refractivity contribution in [3.8, 4) is 11.5 Å². The van der Waals surface area contributed by atoms with Gasteiger partial charge in [-0.05, 0) is 50.7 Å². The molecule has 17 heteroatoms. The van der Waals surface area contributed by atoms with Gasteiger partial charge in [-0.1, -0.05) is 31.5 Å². The largest absolute Gasteiger partial charge is 0.493 e. The Morgan fingerprint density at radius 1 is 1.02 bits per heavy atom. The van der Waals surface area contributed by atoms with Crippen molar-refractivity contribution >= 4 is 29.1 Å². The first-order valence-electron chi connectivity index (χ1n) is 17.7. The molecule has 294 valence electrons. The number of para-hydroxylation sites is 1. The number of hydrogen-bond donors (Lipinski definition) is 2. The summed E-state index contributed by atoms with van der Waals surface area (Å²) < 4.78 is 95.5. The van der Waals surface area contributed by atoms with E-state index in [4.69, 9.17) is 20.3 Å². The van der Waals surface area contributed by atoms with E-state index in [1.54, 1.807) is 25.1 Å². The maximum absolute atomic E-state index is 14.9. The third-order valence-electron chi connectivity index (χ3n) is 9.97. The summed E-state index contributed by atoms with van der Waals surface area (Å²) in [5.74, 6) is -2.25. The van der Waals surface area contributed by atoms with Crippen LogP contribution in [0.4, 0.5) is 26.3 Å². The number of unbranched alkanes of at least 4 members (excludes halogenated alkanes) is 1. The molecule has 0 saturated carbocycles. The first-order valence-corrected chi connectivity index (χ1v) is 18.6. The Hall–Kier alpha value is -4.38. The number of aromatic nitrogens is 1. The van der Waals surface area contributed by atoms with Gasteiger partial charge >= 0.3 is 18.3 Å². The van der Waals surface area contributed by atoms with Gasteiger partial charge in [0.1, 0.15) is 16.4 Å². The number of carboxylic acid groups (broad SMARTS) is 1. The van der Waals surface area contributed by atoms with Crippen molar-refractivity contribution < 1.29 is 55.3 Å². The molecule has 0 aliphatic carbocycles. The number of amides is 2. The molecule has 1 aromatic carbocycles. The fourth-order valence-corrected chi connectivity index (χ4v) is 7.99. The number of piperidine rings is 2. The lowest BCUT2D eigenvalue weighted by atomic mass is 9.77. The lowest BCUT2D eigenvalue weighted by molar-refractivity contribution is -0.161. The predicted octanol–water partition coefficient (Wildman–Crippen LogP) is 7.51. The molecule has 10 nitrogen and oxygen atoms in total. The molecule has 2 amide bonds. The number of nitrogens with zero attached hydrogens (tertiary/aromatic N) is 3. The lowest BCUT2D eigenvalue weighted by Crippen LogP contribution is -2.69. The average Bonchev–Trinajstić information content (AvgIpc) is 3.61. The standard InChI is InChI=1S/C37H42F6N4O6S/c1-2-8-29-35(53-24-21-30(54-23-24)37(41,42)43,13-7-17-47(29)32(50)25-22-45-16-12-26(25)36(38,39)40)33(51)46-18-14-34(44,15-19-46)27-9-3-4-10-28(27)52-20-6-5-11-31(48)49/h3-4,9-10,12,16,21-23,29H,2,5-8,11,13-15,17-20,44H2,1H3,(H,48,49)/t29-,35+/m1/s1. The van der Waals surface area contributed by atoms with Crippen LogP contribution in [0, 0.1) is 0 Å². The van der Waals surface area contributed by atoms with Crippen molar-refractivity contribution in [1.82, 2.24) is 14.8 Å². The van der Waals surface area contributed by atoms with E-state index in [1.165, 1.54) is 9.80 Å². The van der Waals surface area contributed by atoms with E-state index in [1.807, 2.05) is 6.07 Å². The minimum Gasteiger partial charge on any atom is -0.493 e. The van der Waals surface area contributed by atoms with Crippen molar-refractivity contribution in [1.29, 1.82) is 0 Å². The number of carbonyl (C=O) groups is 3. The van der Waals surface area contributed by atoms with Crippen LogP contribution >= 0.6 is 11.3 Å². The van der Waals surface area contributed by atoms with Crippen molar-refractivity contribution in [3.05, 3.63) is 75.7 Å². The van der Waals surface area contributed by atoms with Crippen LogP contribution in [0.3, 0.4) is 0 Å². The lowest BCUT2D eigenvalue weighted by Gasteiger charge is -2.51. The molecule has 4 heterocycles. The highest BCUT2D eigenvalue weighted by molar-refractivity contribution is 7.10. The van der Waals surface area contributed by atoms with Crippen LogP contribution in [-0.2, 0) is 27.5 Å². The maximum atomic E-state index is 14.9. The van der Waals surface area contributed by atoms with E-state index in [0.717, 1.165) is 23.8 Å². The van der Waals surface area contributed by atoms with Crippen LogP contribution in [0.15, 0.2) is 54.2 Å². The number of ether oxygens (including phenoxy) is 2. The Balaban J connectivity index is 1.46. The molecule has 3 N–H and O–H groups in total. The number of halogens is 6. The summed E-state index contributed by atoms with van der Waals surface area (Å²) in [7, 11) is 0. The third kappa shape index (κ3) is 8.94. The van der Waals surface area contributed by atoms with Gasteiger partial charge in [0, 0.05) is 67.4 Å². The Labute approximate surface area is 312 Å². The molecule has 2 aliphatic heterocycles. The van der Waals surface area contributed by atoms with Crippen LogP contribution < -0.4 is 15.2 Å². The molecule has 2 aromatic heterocycles. The molecule has 3 aromatic rings. The van der Waals surface area contributed by atoms with Crippen LogP contribution in [0.5, 0.6) is 11.5 Å². The summed E-state index contributed by atoms with van der Waals surface area (Å²) >= 11 is 0.379. The van der Waals surface area contributed by atoms with E-state index in [9.17, 15) is 40.7 Å². The Morgan fingerprint density at radius 2 is 1.74 bits per heavy atom. The van der Waals surface area contributed by atoms with E-state index < -0.39 is 63.3 Å². The molecule has 0 radical (unpaired) electrons. The van der Waals surface area contributed by atoms with Gasteiger partial charge in [0.15, 0.2) is 0 Å². The zero-order chi connectivity index (χ0) is 39.3. The number of likely N-dealkylation sites (tertiary alicyclic amines) is 2. The van der Waals surface area contributed by atoms with Gasteiger partial charge in [-0.15, -0.1) is 11.3 Å². The molecule has 0 spiro atoms. The second kappa shape index (κ2) is 16.6. The van der Waals surface area contributed by atoms with Gasteiger partial charge < -0.3 is 30.1 Å². The monoisotopic (exact) mass is 784 g/mol. The number of aliphatic carboxylic acids is 1. The van der Waals surface area contributed by atoms with E-state index in [-0.39, 0.29) is 70.5 Å². The van der Waals surface area contributed by atoms with Crippen molar-refractivity contribution in [2.24, 2.45) is 5.73 Å².